The molecule has 0 aliphatic carbocycles. The van der Waals surface area contributed by atoms with Crippen LogP contribution in [-0.4, -0.2) is 17.0 Å². The van der Waals surface area contributed by atoms with Gasteiger partial charge in [-0.2, -0.15) is 0 Å². The van der Waals surface area contributed by atoms with Gasteiger partial charge in [-0.15, -0.1) is 11.3 Å². The Morgan fingerprint density at radius 1 is 1.30 bits per heavy atom. The number of carbonyl (C=O) groups excluding carboxylic acids is 1. The molecule has 102 valence electrons. The molecule has 5 heteroatoms. The number of amides is 1. The minimum Gasteiger partial charge on any atom is -0.478 e. The first-order valence-electron chi connectivity index (χ1n) is 5.93. The van der Waals surface area contributed by atoms with Crippen LogP contribution in [0.4, 0.5) is 5.00 Å². The summed E-state index contributed by atoms with van der Waals surface area (Å²) in [6, 6.07) is 9.20. The van der Waals surface area contributed by atoms with Gasteiger partial charge in [0.1, 0.15) is 5.00 Å². The number of aryl methyl sites for hydroxylation is 1. The van der Waals surface area contributed by atoms with E-state index in [9.17, 15) is 9.59 Å². The quantitative estimate of drug-likeness (QED) is 0.847. The Morgan fingerprint density at radius 3 is 2.80 bits per heavy atom. The van der Waals surface area contributed by atoms with E-state index < -0.39 is 5.97 Å². The van der Waals surface area contributed by atoms with E-state index in [0.717, 1.165) is 11.1 Å². The van der Waals surface area contributed by atoms with Crippen LogP contribution in [0.3, 0.4) is 0 Å². The molecule has 0 radical (unpaired) electrons. The van der Waals surface area contributed by atoms with E-state index in [1.54, 1.807) is 11.5 Å². The van der Waals surface area contributed by atoms with E-state index >= 15 is 0 Å². The van der Waals surface area contributed by atoms with Crippen molar-refractivity contribution in [3.8, 4) is 0 Å². The van der Waals surface area contributed by atoms with Crippen LogP contribution in [-0.2, 0) is 4.79 Å². The fourth-order valence-electron chi connectivity index (χ4n) is 1.67. The highest BCUT2D eigenvalue weighted by Crippen LogP contribution is 2.23. The van der Waals surface area contributed by atoms with Crippen LogP contribution in [0.1, 0.15) is 21.5 Å². The van der Waals surface area contributed by atoms with E-state index in [0.29, 0.717) is 5.00 Å². The van der Waals surface area contributed by atoms with E-state index in [1.807, 2.05) is 31.2 Å². The third-order valence-electron chi connectivity index (χ3n) is 2.60. The number of hydrogen-bond acceptors (Lipinski definition) is 3. The average molecular weight is 287 g/mol. The number of thiophene rings is 1. The van der Waals surface area contributed by atoms with Crippen molar-refractivity contribution in [1.82, 2.24) is 0 Å². The molecule has 0 bridgehead atoms. The SMILES string of the molecule is Cc1cccc(/C=C/C(=O)Nc2sccc2C(=O)O)c1. The van der Waals surface area contributed by atoms with Crippen molar-refractivity contribution in [2.24, 2.45) is 0 Å². The van der Waals surface area contributed by atoms with E-state index in [-0.39, 0.29) is 11.5 Å². The summed E-state index contributed by atoms with van der Waals surface area (Å²) in [7, 11) is 0. The maximum atomic E-state index is 11.8. The van der Waals surface area contributed by atoms with Crippen LogP contribution in [0.25, 0.3) is 6.08 Å². The summed E-state index contributed by atoms with van der Waals surface area (Å²) in [5.41, 5.74) is 2.14. The van der Waals surface area contributed by atoms with Crippen LogP contribution < -0.4 is 5.32 Å². The highest BCUT2D eigenvalue weighted by Gasteiger charge is 2.12. The molecule has 1 aromatic heterocycles. The molecule has 2 rings (SSSR count). The standard InChI is InChI=1S/C15H13NO3S/c1-10-3-2-4-11(9-10)5-6-13(17)16-14-12(15(18)19)7-8-20-14/h2-9H,1H3,(H,16,17)(H,18,19)/b6-5+. The number of hydrogen-bond donors (Lipinski definition) is 2. The van der Waals surface area contributed by atoms with Crippen LogP contribution in [0, 0.1) is 6.92 Å². The molecule has 0 saturated carbocycles. The van der Waals surface area contributed by atoms with Gasteiger partial charge < -0.3 is 10.4 Å². The Hall–Kier alpha value is -2.40. The summed E-state index contributed by atoms with van der Waals surface area (Å²) in [6.45, 7) is 1.97. The first-order valence-corrected chi connectivity index (χ1v) is 6.81. The van der Waals surface area contributed by atoms with E-state index in [2.05, 4.69) is 5.32 Å². The van der Waals surface area contributed by atoms with Crippen LogP contribution in [0.15, 0.2) is 41.8 Å². The highest BCUT2D eigenvalue weighted by atomic mass is 32.1. The molecule has 0 fully saturated rings. The van der Waals surface area contributed by atoms with Gasteiger partial charge in [-0.25, -0.2) is 4.79 Å². The highest BCUT2D eigenvalue weighted by molar-refractivity contribution is 7.14. The van der Waals surface area contributed by atoms with Crippen molar-refractivity contribution in [1.29, 1.82) is 0 Å². The first-order chi connectivity index (χ1) is 9.56. The number of benzene rings is 1. The van der Waals surface area contributed by atoms with Gasteiger partial charge in [-0.1, -0.05) is 29.8 Å². The molecule has 2 N–H and O–H groups in total. The fourth-order valence-corrected chi connectivity index (χ4v) is 2.46. The Labute approximate surface area is 120 Å². The molecule has 20 heavy (non-hydrogen) atoms. The van der Waals surface area contributed by atoms with Gasteiger partial charge in [0.2, 0.25) is 5.91 Å². The topological polar surface area (TPSA) is 66.4 Å². The third kappa shape index (κ3) is 3.55. The number of nitrogens with one attached hydrogen (secondary N) is 1. The zero-order chi connectivity index (χ0) is 14.5. The first kappa shape index (κ1) is 14.0. The smallest absolute Gasteiger partial charge is 0.338 e. The lowest BCUT2D eigenvalue weighted by molar-refractivity contribution is -0.111. The Bertz CT molecular complexity index is 673. The predicted molar refractivity (Wildman–Crippen MR) is 80.1 cm³/mol. The Kier molecular flexibility index (Phi) is 4.32. The average Bonchev–Trinajstić information content (AvgIpc) is 2.85. The van der Waals surface area contributed by atoms with E-state index in [1.165, 1.54) is 23.5 Å². The maximum absolute atomic E-state index is 11.8. The van der Waals surface area contributed by atoms with Gasteiger partial charge in [0.05, 0.1) is 5.56 Å². The number of carbonyl (C=O) groups is 2. The summed E-state index contributed by atoms with van der Waals surface area (Å²) in [6.07, 6.45) is 3.08. The molecule has 0 aliphatic heterocycles. The predicted octanol–water partition coefficient (Wildman–Crippen LogP) is 3.41. The number of carboxylic acid groups (broad SMARTS) is 1. The van der Waals surface area contributed by atoms with Crippen molar-refractivity contribution in [3.05, 3.63) is 58.5 Å². The largest absolute Gasteiger partial charge is 0.478 e. The molecule has 4 nitrogen and oxygen atoms in total. The minimum atomic E-state index is -1.05. The van der Waals surface area contributed by atoms with Crippen molar-refractivity contribution in [3.63, 3.8) is 0 Å². The molecule has 0 aliphatic rings. The molecule has 2 aromatic rings. The number of rotatable bonds is 4. The number of aromatic carboxylic acids is 1. The second kappa shape index (κ2) is 6.16. The summed E-state index contributed by atoms with van der Waals surface area (Å²) < 4.78 is 0. The molecule has 1 heterocycles. The number of carboxylic acids is 1. The fraction of sp³-hybridized carbons (Fsp3) is 0.0667. The second-order valence-electron chi connectivity index (χ2n) is 4.21. The van der Waals surface area contributed by atoms with Gasteiger partial charge in [0.25, 0.3) is 0 Å². The summed E-state index contributed by atoms with van der Waals surface area (Å²) in [5.74, 6) is -1.40. The van der Waals surface area contributed by atoms with Crippen LogP contribution in [0.2, 0.25) is 0 Å². The zero-order valence-electron chi connectivity index (χ0n) is 10.8. The van der Waals surface area contributed by atoms with Crippen LogP contribution in [0.5, 0.6) is 0 Å². The summed E-state index contributed by atoms with van der Waals surface area (Å²) in [4.78, 5) is 22.7. The third-order valence-corrected chi connectivity index (χ3v) is 3.43. The molecular formula is C15H13NO3S. The molecule has 0 atom stereocenters. The summed E-state index contributed by atoms with van der Waals surface area (Å²) >= 11 is 1.18. The Morgan fingerprint density at radius 2 is 2.10 bits per heavy atom. The Balaban J connectivity index is 2.06. The van der Waals surface area contributed by atoms with Gasteiger partial charge in [-0.3, -0.25) is 4.79 Å². The van der Waals surface area contributed by atoms with Gasteiger partial charge in [-0.05, 0) is 30.0 Å². The van der Waals surface area contributed by atoms with Gasteiger partial charge in [0.15, 0.2) is 0 Å². The van der Waals surface area contributed by atoms with Gasteiger partial charge in [0, 0.05) is 6.08 Å². The monoisotopic (exact) mass is 287 g/mol. The second-order valence-corrected chi connectivity index (χ2v) is 5.12. The normalized spacial score (nSPS) is 10.7. The molecular weight excluding hydrogens is 274 g/mol. The maximum Gasteiger partial charge on any atom is 0.338 e. The molecule has 1 amide bonds. The van der Waals surface area contributed by atoms with Gasteiger partial charge >= 0.3 is 5.97 Å². The number of anilines is 1. The lowest BCUT2D eigenvalue weighted by Gasteiger charge is -2.00. The van der Waals surface area contributed by atoms with E-state index in [4.69, 9.17) is 5.11 Å². The van der Waals surface area contributed by atoms with Crippen molar-refractivity contribution >= 4 is 34.3 Å². The molecule has 0 saturated heterocycles. The van der Waals surface area contributed by atoms with Crippen LogP contribution >= 0.6 is 11.3 Å². The lowest BCUT2D eigenvalue weighted by Crippen LogP contribution is -2.09. The zero-order valence-corrected chi connectivity index (χ0v) is 11.6. The molecule has 0 spiro atoms. The lowest BCUT2D eigenvalue weighted by atomic mass is 10.1. The van der Waals surface area contributed by atoms with Crippen molar-refractivity contribution in [2.45, 2.75) is 6.92 Å². The summed E-state index contributed by atoms with van der Waals surface area (Å²) in [5, 5.41) is 13.5. The molecule has 0 unspecified atom stereocenters. The van der Waals surface area contributed by atoms with Crippen molar-refractivity contribution in [2.75, 3.05) is 5.32 Å². The minimum absolute atomic E-state index is 0.104. The molecule has 1 aromatic carbocycles. The van der Waals surface area contributed by atoms with Crippen molar-refractivity contribution < 1.29 is 14.7 Å².